The molecule has 11 heteroatoms. The molecular formula is C18H23N3O6S2. The number of anilines is 2. The first kappa shape index (κ1) is 22.7. The molecule has 2 aromatic carbocycles. The Morgan fingerprint density at radius 1 is 0.931 bits per heavy atom. The molecule has 158 valence electrons. The van der Waals surface area contributed by atoms with Gasteiger partial charge in [-0.3, -0.25) is 9.52 Å². The molecule has 3 N–H and O–H groups in total. The summed E-state index contributed by atoms with van der Waals surface area (Å²) in [6, 6.07) is 9.07. The standard InChI is InChI=1S/C18H23N3O6S2/c1-12(2)20-28(23,24)15-7-5-14(6-8-15)21-29(25,26)16-9-10-18(27-4)17(11-16)19-13(3)22/h5-12,20-21H,1-4H3,(H,19,22). The molecule has 0 aliphatic rings. The predicted octanol–water partition coefficient (Wildman–Crippen LogP) is 2.14. The van der Waals surface area contributed by atoms with E-state index in [9.17, 15) is 21.6 Å². The van der Waals surface area contributed by atoms with Gasteiger partial charge >= 0.3 is 0 Å². The van der Waals surface area contributed by atoms with Crippen molar-refractivity contribution >= 4 is 37.3 Å². The smallest absolute Gasteiger partial charge is 0.261 e. The van der Waals surface area contributed by atoms with Crippen LogP contribution >= 0.6 is 0 Å². The number of carbonyl (C=O) groups excluding carboxylic acids is 1. The summed E-state index contributed by atoms with van der Waals surface area (Å²) < 4.78 is 59.6. The van der Waals surface area contributed by atoms with E-state index in [1.165, 1.54) is 56.5 Å². The Bertz CT molecular complexity index is 1090. The van der Waals surface area contributed by atoms with Crippen LogP contribution in [-0.4, -0.2) is 35.9 Å². The monoisotopic (exact) mass is 441 g/mol. The lowest BCUT2D eigenvalue weighted by molar-refractivity contribution is -0.114. The van der Waals surface area contributed by atoms with E-state index < -0.39 is 20.0 Å². The fourth-order valence-corrected chi connectivity index (χ4v) is 4.77. The SMILES string of the molecule is COc1ccc(S(=O)(=O)Nc2ccc(S(=O)(=O)NC(C)C)cc2)cc1NC(C)=O. The van der Waals surface area contributed by atoms with Gasteiger partial charge in [-0.05, 0) is 56.3 Å². The molecule has 0 aliphatic heterocycles. The summed E-state index contributed by atoms with van der Waals surface area (Å²) in [6.45, 7) is 4.69. The highest BCUT2D eigenvalue weighted by Gasteiger charge is 2.19. The Hall–Kier alpha value is -2.63. The van der Waals surface area contributed by atoms with Gasteiger partial charge in [0.2, 0.25) is 15.9 Å². The molecule has 0 spiro atoms. The second-order valence-electron chi connectivity index (χ2n) is 6.45. The highest BCUT2D eigenvalue weighted by molar-refractivity contribution is 7.92. The van der Waals surface area contributed by atoms with E-state index in [1.807, 2.05) is 0 Å². The van der Waals surface area contributed by atoms with Crippen molar-refractivity contribution in [3.05, 3.63) is 42.5 Å². The number of sulfonamides is 2. The van der Waals surface area contributed by atoms with Crippen LogP contribution < -0.4 is 19.5 Å². The Labute approximate surface area is 170 Å². The molecule has 0 bridgehead atoms. The van der Waals surface area contributed by atoms with Gasteiger partial charge in [0.25, 0.3) is 10.0 Å². The van der Waals surface area contributed by atoms with Gasteiger partial charge in [0.15, 0.2) is 0 Å². The highest BCUT2D eigenvalue weighted by atomic mass is 32.2. The fourth-order valence-electron chi connectivity index (χ4n) is 2.44. The summed E-state index contributed by atoms with van der Waals surface area (Å²) in [4.78, 5) is 11.3. The van der Waals surface area contributed by atoms with E-state index in [1.54, 1.807) is 13.8 Å². The molecule has 29 heavy (non-hydrogen) atoms. The largest absolute Gasteiger partial charge is 0.495 e. The molecule has 0 saturated carbocycles. The van der Waals surface area contributed by atoms with Crippen LogP contribution in [0.3, 0.4) is 0 Å². The van der Waals surface area contributed by atoms with Gasteiger partial charge < -0.3 is 10.1 Å². The molecule has 0 radical (unpaired) electrons. The fraction of sp³-hybridized carbons (Fsp3) is 0.278. The molecule has 9 nitrogen and oxygen atoms in total. The first-order valence-corrected chi connectivity index (χ1v) is 11.5. The molecule has 0 saturated heterocycles. The van der Waals surface area contributed by atoms with Crippen molar-refractivity contribution in [2.24, 2.45) is 0 Å². The number of ether oxygens (including phenoxy) is 1. The maximum Gasteiger partial charge on any atom is 0.261 e. The summed E-state index contributed by atoms with van der Waals surface area (Å²) in [5.41, 5.74) is 0.398. The second-order valence-corrected chi connectivity index (χ2v) is 9.85. The average molecular weight is 442 g/mol. The van der Waals surface area contributed by atoms with E-state index in [-0.39, 0.29) is 33.1 Å². The third-order valence-electron chi connectivity index (χ3n) is 3.60. The van der Waals surface area contributed by atoms with Gasteiger partial charge in [-0.2, -0.15) is 0 Å². The third kappa shape index (κ3) is 5.92. The molecule has 0 aromatic heterocycles. The number of nitrogens with one attached hydrogen (secondary N) is 3. The van der Waals surface area contributed by atoms with Crippen molar-refractivity contribution < 1.29 is 26.4 Å². The molecule has 0 heterocycles. The van der Waals surface area contributed by atoms with Crippen molar-refractivity contribution in [3.8, 4) is 5.75 Å². The van der Waals surface area contributed by atoms with E-state index in [0.717, 1.165) is 0 Å². The molecule has 0 aliphatic carbocycles. The van der Waals surface area contributed by atoms with E-state index in [4.69, 9.17) is 4.74 Å². The summed E-state index contributed by atoms with van der Waals surface area (Å²) in [7, 11) is -6.26. The maximum absolute atomic E-state index is 12.7. The Morgan fingerprint density at radius 2 is 1.52 bits per heavy atom. The summed E-state index contributed by atoms with van der Waals surface area (Å²) >= 11 is 0. The van der Waals surface area contributed by atoms with Crippen LogP contribution in [0.4, 0.5) is 11.4 Å². The number of hydrogen-bond acceptors (Lipinski definition) is 6. The molecule has 0 unspecified atom stereocenters. The number of hydrogen-bond donors (Lipinski definition) is 3. The zero-order valence-electron chi connectivity index (χ0n) is 16.4. The van der Waals surface area contributed by atoms with Gasteiger partial charge in [0.1, 0.15) is 5.75 Å². The highest BCUT2D eigenvalue weighted by Crippen LogP contribution is 2.28. The lowest BCUT2D eigenvalue weighted by atomic mass is 10.3. The van der Waals surface area contributed by atoms with Gasteiger partial charge in [-0.1, -0.05) is 0 Å². The number of rotatable bonds is 8. The topological polar surface area (TPSA) is 131 Å². The number of benzene rings is 2. The number of carbonyl (C=O) groups is 1. The van der Waals surface area contributed by atoms with Crippen molar-refractivity contribution in [1.29, 1.82) is 0 Å². The minimum atomic E-state index is -3.99. The predicted molar refractivity (Wildman–Crippen MR) is 110 cm³/mol. The Kier molecular flexibility index (Phi) is 6.88. The molecule has 1 amide bonds. The molecule has 0 fully saturated rings. The second kappa shape index (κ2) is 8.80. The van der Waals surface area contributed by atoms with Crippen molar-refractivity contribution in [2.45, 2.75) is 36.6 Å². The zero-order valence-corrected chi connectivity index (χ0v) is 18.0. The lowest BCUT2D eigenvalue weighted by Gasteiger charge is -2.13. The van der Waals surface area contributed by atoms with Crippen LogP contribution in [0, 0.1) is 0 Å². The first-order valence-electron chi connectivity index (χ1n) is 8.55. The Balaban J connectivity index is 2.28. The average Bonchev–Trinajstić information content (AvgIpc) is 2.60. The minimum absolute atomic E-state index is 0.0199. The van der Waals surface area contributed by atoms with Crippen LogP contribution in [0.15, 0.2) is 52.3 Å². The van der Waals surface area contributed by atoms with Crippen molar-refractivity contribution in [2.75, 3.05) is 17.1 Å². The van der Waals surface area contributed by atoms with Crippen LogP contribution in [0.1, 0.15) is 20.8 Å². The van der Waals surface area contributed by atoms with E-state index in [0.29, 0.717) is 5.75 Å². The third-order valence-corrected chi connectivity index (χ3v) is 6.65. The number of amides is 1. The summed E-state index contributed by atoms with van der Waals surface area (Å²) in [6.07, 6.45) is 0. The zero-order chi connectivity index (χ0) is 21.8. The maximum atomic E-state index is 12.7. The molecule has 0 atom stereocenters. The van der Waals surface area contributed by atoms with Crippen LogP contribution in [0.25, 0.3) is 0 Å². The minimum Gasteiger partial charge on any atom is -0.495 e. The van der Waals surface area contributed by atoms with Crippen LogP contribution in [-0.2, 0) is 24.8 Å². The van der Waals surface area contributed by atoms with Crippen molar-refractivity contribution in [1.82, 2.24) is 4.72 Å². The molecule has 2 rings (SSSR count). The number of methoxy groups -OCH3 is 1. The van der Waals surface area contributed by atoms with Gasteiger partial charge in [-0.15, -0.1) is 0 Å². The van der Waals surface area contributed by atoms with Gasteiger partial charge in [-0.25, -0.2) is 21.6 Å². The van der Waals surface area contributed by atoms with Gasteiger partial charge in [0.05, 0.1) is 22.6 Å². The van der Waals surface area contributed by atoms with E-state index in [2.05, 4.69) is 14.8 Å². The lowest BCUT2D eigenvalue weighted by Crippen LogP contribution is -2.30. The summed E-state index contributed by atoms with van der Waals surface area (Å²) in [5, 5.41) is 2.51. The van der Waals surface area contributed by atoms with E-state index >= 15 is 0 Å². The molecular weight excluding hydrogens is 418 g/mol. The quantitative estimate of drug-likeness (QED) is 0.575. The normalized spacial score (nSPS) is 11.9. The summed E-state index contributed by atoms with van der Waals surface area (Å²) in [5.74, 6) is -0.0658. The Morgan fingerprint density at radius 3 is 2.03 bits per heavy atom. The van der Waals surface area contributed by atoms with Crippen molar-refractivity contribution in [3.63, 3.8) is 0 Å². The molecule has 2 aromatic rings. The van der Waals surface area contributed by atoms with Crippen LogP contribution in [0.5, 0.6) is 5.75 Å². The van der Waals surface area contributed by atoms with Gasteiger partial charge in [0, 0.05) is 18.7 Å². The first-order chi connectivity index (χ1) is 13.4. The van der Waals surface area contributed by atoms with Crippen LogP contribution in [0.2, 0.25) is 0 Å².